The van der Waals surface area contributed by atoms with E-state index in [1.54, 1.807) is 29.4 Å². The standard InChI is InChI=1S/C17H15N7S2/c1-10-4-2-3-5-12(10)21-17-23-13(22-16(18)24-17)8-26-15-11-6-7-25-14(11)19-9-20-15/h2-7,9H,8H2,1H3,(H3,18,21,22,23,24). The Kier molecular flexibility index (Phi) is 4.63. The van der Waals surface area contributed by atoms with Crippen molar-refractivity contribution in [1.29, 1.82) is 0 Å². The second-order valence-electron chi connectivity index (χ2n) is 5.48. The van der Waals surface area contributed by atoms with Crippen molar-refractivity contribution in [3.8, 4) is 0 Å². The number of hydrogen-bond donors (Lipinski definition) is 2. The first-order valence-electron chi connectivity index (χ1n) is 7.83. The van der Waals surface area contributed by atoms with Gasteiger partial charge in [0.05, 0.1) is 5.75 Å². The molecule has 0 unspecified atom stereocenters. The summed E-state index contributed by atoms with van der Waals surface area (Å²) >= 11 is 3.15. The van der Waals surface area contributed by atoms with Crippen LogP contribution in [0.5, 0.6) is 0 Å². The summed E-state index contributed by atoms with van der Waals surface area (Å²) in [4.78, 5) is 22.5. The molecule has 26 heavy (non-hydrogen) atoms. The van der Waals surface area contributed by atoms with Gasteiger partial charge in [0.2, 0.25) is 11.9 Å². The normalized spacial score (nSPS) is 11.0. The fourth-order valence-electron chi connectivity index (χ4n) is 2.41. The summed E-state index contributed by atoms with van der Waals surface area (Å²) in [6, 6.07) is 9.95. The monoisotopic (exact) mass is 381 g/mol. The van der Waals surface area contributed by atoms with E-state index in [1.165, 1.54) is 0 Å². The van der Waals surface area contributed by atoms with Crippen LogP contribution in [0.15, 0.2) is 47.1 Å². The summed E-state index contributed by atoms with van der Waals surface area (Å²) in [5.74, 6) is 1.76. The number of aromatic nitrogens is 5. The van der Waals surface area contributed by atoms with Crippen LogP contribution in [0.3, 0.4) is 0 Å². The minimum absolute atomic E-state index is 0.190. The number of thiophene rings is 1. The van der Waals surface area contributed by atoms with E-state index in [-0.39, 0.29) is 5.95 Å². The number of anilines is 3. The predicted molar refractivity (Wildman–Crippen MR) is 106 cm³/mol. The molecular formula is C17H15N7S2. The quantitative estimate of drug-likeness (QED) is 0.397. The van der Waals surface area contributed by atoms with Crippen molar-refractivity contribution in [1.82, 2.24) is 24.9 Å². The van der Waals surface area contributed by atoms with Gasteiger partial charge in [-0.1, -0.05) is 30.0 Å². The first kappa shape index (κ1) is 16.7. The molecular weight excluding hydrogens is 366 g/mol. The van der Waals surface area contributed by atoms with Crippen molar-refractivity contribution in [2.75, 3.05) is 11.1 Å². The highest BCUT2D eigenvalue weighted by Gasteiger charge is 2.10. The summed E-state index contributed by atoms with van der Waals surface area (Å²) in [7, 11) is 0. The van der Waals surface area contributed by atoms with Crippen LogP contribution in [0.2, 0.25) is 0 Å². The van der Waals surface area contributed by atoms with Crippen molar-refractivity contribution >= 4 is 50.9 Å². The maximum absolute atomic E-state index is 5.86. The zero-order chi connectivity index (χ0) is 17.9. The maximum atomic E-state index is 5.86. The largest absolute Gasteiger partial charge is 0.368 e. The number of aryl methyl sites for hydroxylation is 1. The summed E-state index contributed by atoms with van der Waals surface area (Å²) in [6.45, 7) is 2.02. The second kappa shape index (κ2) is 7.22. The Labute approximate surface area is 158 Å². The number of hydrogen-bond acceptors (Lipinski definition) is 9. The van der Waals surface area contributed by atoms with E-state index < -0.39 is 0 Å². The van der Waals surface area contributed by atoms with Crippen molar-refractivity contribution in [3.63, 3.8) is 0 Å². The second-order valence-corrected chi connectivity index (χ2v) is 7.34. The zero-order valence-electron chi connectivity index (χ0n) is 13.9. The van der Waals surface area contributed by atoms with Crippen molar-refractivity contribution in [2.24, 2.45) is 0 Å². The Balaban J connectivity index is 1.55. The van der Waals surface area contributed by atoms with Gasteiger partial charge < -0.3 is 11.1 Å². The van der Waals surface area contributed by atoms with Crippen molar-refractivity contribution < 1.29 is 0 Å². The van der Waals surface area contributed by atoms with Crippen LogP contribution in [-0.4, -0.2) is 24.9 Å². The minimum Gasteiger partial charge on any atom is -0.368 e. The third kappa shape index (κ3) is 3.58. The number of nitrogen functional groups attached to an aromatic ring is 1. The number of rotatable bonds is 5. The molecule has 1 aromatic carbocycles. The fourth-order valence-corrected chi connectivity index (χ4v) is 4.04. The fraction of sp³-hybridized carbons (Fsp3) is 0.118. The van der Waals surface area contributed by atoms with Gasteiger partial charge in [0, 0.05) is 11.1 Å². The number of benzene rings is 1. The first-order valence-corrected chi connectivity index (χ1v) is 9.69. The number of nitrogens with two attached hydrogens (primary N) is 1. The van der Waals surface area contributed by atoms with Gasteiger partial charge in [-0.05, 0) is 30.0 Å². The average Bonchev–Trinajstić information content (AvgIpc) is 3.11. The lowest BCUT2D eigenvalue weighted by molar-refractivity contribution is 0.979. The first-order chi connectivity index (χ1) is 12.7. The van der Waals surface area contributed by atoms with Crippen molar-refractivity contribution in [3.05, 3.63) is 53.4 Å². The lowest BCUT2D eigenvalue weighted by Crippen LogP contribution is -2.07. The highest BCUT2D eigenvalue weighted by atomic mass is 32.2. The Bertz CT molecular complexity index is 1060. The van der Waals surface area contributed by atoms with Crippen LogP contribution in [0, 0.1) is 6.92 Å². The Morgan fingerprint density at radius 2 is 2.00 bits per heavy atom. The van der Waals surface area contributed by atoms with Gasteiger partial charge >= 0.3 is 0 Å². The molecule has 9 heteroatoms. The molecule has 130 valence electrons. The van der Waals surface area contributed by atoms with Gasteiger partial charge in [-0.25, -0.2) is 9.97 Å². The number of thioether (sulfide) groups is 1. The molecule has 0 saturated heterocycles. The van der Waals surface area contributed by atoms with E-state index >= 15 is 0 Å². The SMILES string of the molecule is Cc1ccccc1Nc1nc(N)nc(CSc2ncnc3sccc23)n1. The molecule has 0 radical (unpaired) electrons. The molecule has 3 aromatic heterocycles. The van der Waals surface area contributed by atoms with Gasteiger partial charge in [0.1, 0.15) is 22.0 Å². The average molecular weight is 381 g/mol. The van der Waals surface area contributed by atoms with Gasteiger partial charge in [0.25, 0.3) is 0 Å². The van der Waals surface area contributed by atoms with Gasteiger partial charge in [-0.3, -0.25) is 0 Å². The topological polar surface area (TPSA) is 102 Å². The Morgan fingerprint density at radius 3 is 2.88 bits per heavy atom. The van der Waals surface area contributed by atoms with E-state index in [1.807, 2.05) is 42.6 Å². The third-order valence-corrected chi connectivity index (χ3v) is 5.48. The van der Waals surface area contributed by atoms with E-state index in [0.717, 1.165) is 26.5 Å². The molecule has 0 amide bonds. The van der Waals surface area contributed by atoms with E-state index in [0.29, 0.717) is 17.5 Å². The number of fused-ring (bicyclic) bond motifs is 1. The highest BCUT2D eigenvalue weighted by molar-refractivity contribution is 7.98. The van der Waals surface area contributed by atoms with Crippen LogP contribution in [0.1, 0.15) is 11.4 Å². The minimum atomic E-state index is 0.190. The summed E-state index contributed by atoms with van der Waals surface area (Å²) in [5, 5.41) is 7.16. The molecule has 0 fully saturated rings. The summed E-state index contributed by atoms with van der Waals surface area (Å²) in [5.41, 5.74) is 7.90. The predicted octanol–water partition coefficient (Wildman–Crippen LogP) is 3.80. The lowest BCUT2D eigenvalue weighted by Gasteiger charge is -2.09. The molecule has 0 aliphatic heterocycles. The molecule has 4 rings (SSSR count). The summed E-state index contributed by atoms with van der Waals surface area (Å²) in [6.07, 6.45) is 1.58. The third-order valence-electron chi connectivity index (χ3n) is 3.65. The molecule has 0 aliphatic rings. The van der Waals surface area contributed by atoms with Crippen LogP contribution >= 0.6 is 23.1 Å². The molecule has 4 aromatic rings. The zero-order valence-corrected chi connectivity index (χ0v) is 15.5. The molecule has 3 heterocycles. The van der Waals surface area contributed by atoms with Crippen molar-refractivity contribution in [2.45, 2.75) is 17.7 Å². The maximum Gasteiger partial charge on any atom is 0.232 e. The molecule has 0 saturated carbocycles. The number of nitrogens with zero attached hydrogens (tertiary/aromatic N) is 5. The van der Waals surface area contributed by atoms with Crippen LogP contribution in [0.4, 0.5) is 17.6 Å². The molecule has 0 bridgehead atoms. The number of para-hydroxylation sites is 1. The molecule has 3 N–H and O–H groups in total. The molecule has 0 atom stereocenters. The summed E-state index contributed by atoms with van der Waals surface area (Å²) < 4.78 is 0. The molecule has 0 aliphatic carbocycles. The number of nitrogens with one attached hydrogen (secondary N) is 1. The van der Waals surface area contributed by atoms with Crippen LogP contribution < -0.4 is 11.1 Å². The van der Waals surface area contributed by atoms with Gasteiger partial charge in [-0.15, -0.1) is 11.3 Å². The molecule has 7 nitrogen and oxygen atoms in total. The smallest absolute Gasteiger partial charge is 0.232 e. The van der Waals surface area contributed by atoms with E-state index in [9.17, 15) is 0 Å². The van der Waals surface area contributed by atoms with Crippen LogP contribution in [-0.2, 0) is 5.75 Å². The highest BCUT2D eigenvalue weighted by Crippen LogP contribution is 2.29. The van der Waals surface area contributed by atoms with Gasteiger partial charge in [0.15, 0.2) is 0 Å². The Hall–Kier alpha value is -2.78. The van der Waals surface area contributed by atoms with E-state index in [2.05, 4.69) is 30.2 Å². The van der Waals surface area contributed by atoms with Crippen LogP contribution in [0.25, 0.3) is 10.2 Å². The van der Waals surface area contributed by atoms with E-state index in [4.69, 9.17) is 5.73 Å². The van der Waals surface area contributed by atoms with Gasteiger partial charge in [-0.2, -0.15) is 15.0 Å². The molecule has 0 spiro atoms. The lowest BCUT2D eigenvalue weighted by atomic mass is 10.2. The Morgan fingerprint density at radius 1 is 1.12 bits per heavy atom.